The fraction of sp³-hybridized carbons (Fsp3) is 0.818. The molecule has 0 aromatic carbocycles. The highest BCUT2D eigenvalue weighted by molar-refractivity contribution is 5.94. The van der Waals surface area contributed by atoms with Gasteiger partial charge in [-0.05, 0) is 18.9 Å². The number of rotatable bonds is 3. The number of nitrogens with zero attached hydrogens (tertiary/aromatic N) is 1. The molecule has 6 heteroatoms. The molecule has 3 amide bonds. The number of amides is 3. The molecule has 4 N–H and O–H groups in total. The summed E-state index contributed by atoms with van der Waals surface area (Å²) in [7, 11) is 1.48. The summed E-state index contributed by atoms with van der Waals surface area (Å²) in [6.45, 7) is 4.66. The number of hydrogen-bond donors (Lipinski definition) is 3. The second-order valence-electron chi connectivity index (χ2n) is 4.61. The summed E-state index contributed by atoms with van der Waals surface area (Å²) in [5.74, 6) is 0.220. The van der Waals surface area contributed by atoms with Gasteiger partial charge in [-0.1, -0.05) is 6.92 Å². The summed E-state index contributed by atoms with van der Waals surface area (Å²) in [4.78, 5) is 24.5. The van der Waals surface area contributed by atoms with Crippen LogP contribution >= 0.6 is 0 Å². The highest BCUT2D eigenvalue weighted by Crippen LogP contribution is 2.14. The van der Waals surface area contributed by atoms with E-state index in [9.17, 15) is 9.59 Å². The van der Waals surface area contributed by atoms with Gasteiger partial charge in [0, 0.05) is 32.6 Å². The Morgan fingerprint density at radius 2 is 2.18 bits per heavy atom. The lowest BCUT2D eigenvalue weighted by molar-refractivity contribution is -0.120. The summed E-state index contributed by atoms with van der Waals surface area (Å²) in [6.07, 6.45) is 1.31. The van der Waals surface area contributed by atoms with Crippen LogP contribution in [0, 0.1) is 5.92 Å². The van der Waals surface area contributed by atoms with Crippen LogP contribution < -0.4 is 16.4 Å². The number of nitrogens with one attached hydrogen (secondary N) is 2. The first kappa shape index (κ1) is 13.9. The Morgan fingerprint density at radius 1 is 1.47 bits per heavy atom. The van der Waals surface area contributed by atoms with Crippen LogP contribution in [0.1, 0.15) is 19.8 Å². The summed E-state index contributed by atoms with van der Waals surface area (Å²) >= 11 is 0. The van der Waals surface area contributed by atoms with E-state index in [4.69, 9.17) is 5.73 Å². The maximum atomic E-state index is 11.4. The monoisotopic (exact) mass is 242 g/mol. The average Bonchev–Trinajstić information content (AvgIpc) is 2.30. The van der Waals surface area contributed by atoms with Crippen molar-refractivity contribution in [1.29, 1.82) is 0 Å². The maximum absolute atomic E-state index is 11.4. The maximum Gasteiger partial charge on any atom is 0.321 e. The van der Waals surface area contributed by atoms with Crippen molar-refractivity contribution in [2.75, 3.05) is 26.7 Å². The second-order valence-corrected chi connectivity index (χ2v) is 4.61. The quantitative estimate of drug-likeness (QED) is 0.622. The molecule has 2 unspecified atom stereocenters. The molecule has 0 aromatic heterocycles. The molecule has 1 rings (SSSR count). The number of carbonyl (C=O) groups is 2. The molecule has 1 fully saturated rings. The van der Waals surface area contributed by atoms with Crippen LogP contribution in [0.2, 0.25) is 0 Å². The van der Waals surface area contributed by atoms with E-state index in [-0.39, 0.29) is 11.9 Å². The molecule has 0 spiro atoms. The first-order chi connectivity index (χ1) is 8.02. The Balaban J connectivity index is 2.22. The van der Waals surface area contributed by atoms with Gasteiger partial charge in [-0.2, -0.15) is 0 Å². The molecule has 1 aliphatic rings. The molecule has 98 valence electrons. The van der Waals surface area contributed by atoms with Crippen molar-refractivity contribution in [1.82, 2.24) is 15.5 Å². The fourth-order valence-electron chi connectivity index (χ4n) is 1.96. The molecule has 6 nitrogen and oxygen atoms in total. The van der Waals surface area contributed by atoms with Gasteiger partial charge in [0.25, 0.3) is 0 Å². The summed E-state index contributed by atoms with van der Waals surface area (Å²) in [6, 6.07) is -0.185. The third-order valence-electron chi connectivity index (χ3n) is 3.19. The molecular weight excluding hydrogens is 220 g/mol. The zero-order chi connectivity index (χ0) is 12.8. The van der Waals surface area contributed by atoms with Gasteiger partial charge < -0.3 is 16.0 Å². The van der Waals surface area contributed by atoms with Crippen molar-refractivity contribution in [3.05, 3.63) is 0 Å². The van der Waals surface area contributed by atoms with E-state index in [2.05, 4.69) is 22.5 Å². The molecule has 1 heterocycles. The van der Waals surface area contributed by atoms with Gasteiger partial charge in [-0.25, -0.2) is 4.79 Å². The van der Waals surface area contributed by atoms with Gasteiger partial charge in [-0.15, -0.1) is 0 Å². The molecule has 1 aliphatic heterocycles. The van der Waals surface area contributed by atoms with Crippen LogP contribution in [0.15, 0.2) is 0 Å². The van der Waals surface area contributed by atoms with Crippen molar-refractivity contribution in [2.24, 2.45) is 11.7 Å². The van der Waals surface area contributed by atoms with E-state index in [0.717, 1.165) is 19.5 Å². The lowest BCUT2D eigenvalue weighted by Gasteiger charge is -2.34. The lowest BCUT2D eigenvalue weighted by Crippen LogP contribution is -2.47. The van der Waals surface area contributed by atoms with E-state index < -0.39 is 6.03 Å². The van der Waals surface area contributed by atoms with E-state index >= 15 is 0 Å². The van der Waals surface area contributed by atoms with E-state index in [1.807, 2.05) is 0 Å². The van der Waals surface area contributed by atoms with Gasteiger partial charge in [0.1, 0.15) is 0 Å². The van der Waals surface area contributed by atoms with Crippen LogP contribution in [0.4, 0.5) is 4.79 Å². The molecule has 2 atom stereocenters. The van der Waals surface area contributed by atoms with Gasteiger partial charge in [-0.3, -0.25) is 10.1 Å². The summed E-state index contributed by atoms with van der Waals surface area (Å²) in [5, 5.41) is 4.59. The highest BCUT2D eigenvalue weighted by atomic mass is 16.2. The van der Waals surface area contributed by atoms with Crippen LogP contribution in [0.25, 0.3) is 0 Å². The third kappa shape index (κ3) is 4.70. The van der Waals surface area contributed by atoms with Crippen molar-refractivity contribution in [3.8, 4) is 0 Å². The Morgan fingerprint density at radius 3 is 2.76 bits per heavy atom. The van der Waals surface area contributed by atoms with Crippen LogP contribution in [-0.2, 0) is 4.79 Å². The van der Waals surface area contributed by atoms with Crippen molar-refractivity contribution in [2.45, 2.75) is 25.8 Å². The molecule has 0 saturated carbocycles. The smallest absolute Gasteiger partial charge is 0.321 e. The fourth-order valence-corrected chi connectivity index (χ4v) is 1.96. The number of imide groups is 1. The Hall–Kier alpha value is -1.14. The van der Waals surface area contributed by atoms with Gasteiger partial charge in [0.05, 0.1) is 0 Å². The number of piperidine rings is 1. The Kier molecular flexibility index (Phi) is 5.37. The molecule has 0 radical (unpaired) electrons. The molecular formula is C11H22N4O2. The predicted molar refractivity (Wildman–Crippen MR) is 65.4 cm³/mol. The molecule has 0 aliphatic carbocycles. The highest BCUT2D eigenvalue weighted by Gasteiger charge is 2.23. The van der Waals surface area contributed by atoms with Gasteiger partial charge in [0.2, 0.25) is 5.91 Å². The first-order valence-electron chi connectivity index (χ1n) is 6.02. The number of nitrogens with two attached hydrogens (primary N) is 1. The van der Waals surface area contributed by atoms with Gasteiger partial charge >= 0.3 is 6.03 Å². The van der Waals surface area contributed by atoms with Crippen LogP contribution in [-0.4, -0.2) is 49.6 Å². The number of carbonyl (C=O) groups excluding carboxylic acids is 2. The first-order valence-corrected chi connectivity index (χ1v) is 6.02. The minimum atomic E-state index is -0.455. The Bertz CT molecular complexity index is 283. The number of hydrogen-bond acceptors (Lipinski definition) is 4. The minimum absolute atomic E-state index is 0.244. The van der Waals surface area contributed by atoms with Gasteiger partial charge in [0.15, 0.2) is 0 Å². The molecule has 0 aromatic rings. The largest absolute Gasteiger partial charge is 0.341 e. The van der Waals surface area contributed by atoms with Crippen LogP contribution in [0.5, 0.6) is 0 Å². The normalized spacial score (nSPS) is 25.4. The minimum Gasteiger partial charge on any atom is -0.341 e. The summed E-state index contributed by atoms with van der Waals surface area (Å²) < 4.78 is 0. The third-order valence-corrected chi connectivity index (χ3v) is 3.19. The van der Waals surface area contributed by atoms with E-state index in [0.29, 0.717) is 18.9 Å². The standard InChI is InChI=1S/C11H22N4O2/c1-8-7-15(5-3-9(8)12)6-4-10(16)14-11(17)13-2/h8-9H,3-7,12H2,1-2H3,(H2,13,14,16,17). The zero-order valence-corrected chi connectivity index (χ0v) is 10.5. The van der Waals surface area contributed by atoms with E-state index in [1.54, 1.807) is 0 Å². The summed E-state index contributed by atoms with van der Waals surface area (Å²) in [5.41, 5.74) is 5.92. The molecule has 17 heavy (non-hydrogen) atoms. The SMILES string of the molecule is CNC(=O)NC(=O)CCN1CCC(N)C(C)C1. The average molecular weight is 242 g/mol. The molecule has 0 bridgehead atoms. The van der Waals surface area contributed by atoms with Crippen molar-refractivity contribution < 1.29 is 9.59 Å². The van der Waals surface area contributed by atoms with Crippen LogP contribution in [0.3, 0.4) is 0 Å². The topological polar surface area (TPSA) is 87.5 Å². The van der Waals surface area contributed by atoms with Crippen molar-refractivity contribution >= 4 is 11.9 Å². The van der Waals surface area contributed by atoms with Crippen molar-refractivity contribution in [3.63, 3.8) is 0 Å². The Labute approximate surface area is 102 Å². The number of urea groups is 1. The second kappa shape index (κ2) is 6.56. The predicted octanol–water partition coefficient (Wildman–Crippen LogP) is -0.499. The van der Waals surface area contributed by atoms with E-state index in [1.165, 1.54) is 7.05 Å². The number of likely N-dealkylation sites (tertiary alicyclic amines) is 1. The zero-order valence-electron chi connectivity index (χ0n) is 10.5. The molecule has 1 saturated heterocycles. The lowest BCUT2D eigenvalue weighted by atomic mass is 9.95.